The molecule has 1 aromatic rings. The fraction of sp³-hybridized carbons (Fsp3) is 0.636. The van der Waals surface area contributed by atoms with E-state index in [1.807, 2.05) is 6.92 Å². The Morgan fingerprint density at radius 2 is 2.00 bits per heavy atom. The van der Waals surface area contributed by atoms with Gasteiger partial charge in [-0.15, -0.1) is 23.7 Å². The van der Waals surface area contributed by atoms with Crippen molar-refractivity contribution in [3.8, 4) is 0 Å². The summed E-state index contributed by atoms with van der Waals surface area (Å²) in [7, 11) is -1.74. The molecule has 0 atom stereocenters. The third-order valence-corrected chi connectivity index (χ3v) is 7.21. The Kier molecular flexibility index (Phi) is 6.10. The van der Waals surface area contributed by atoms with E-state index in [1.54, 1.807) is 13.1 Å². The van der Waals surface area contributed by atoms with E-state index < -0.39 is 10.0 Å². The van der Waals surface area contributed by atoms with E-state index in [-0.39, 0.29) is 18.4 Å². The second kappa shape index (κ2) is 6.74. The van der Waals surface area contributed by atoms with Gasteiger partial charge < -0.3 is 5.32 Å². The highest BCUT2D eigenvalue weighted by molar-refractivity contribution is 7.91. The van der Waals surface area contributed by atoms with Crippen LogP contribution < -0.4 is 5.32 Å². The molecule has 1 aliphatic heterocycles. The van der Waals surface area contributed by atoms with E-state index in [9.17, 15) is 8.42 Å². The van der Waals surface area contributed by atoms with Crippen LogP contribution >= 0.6 is 35.3 Å². The molecule has 0 radical (unpaired) electrons. The van der Waals surface area contributed by atoms with Crippen LogP contribution in [0.2, 0.25) is 4.34 Å². The molecule has 1 aliphatic rings. The van der Waals surface area contributed by atoms with Gasteiger partial charge in [0.25, 0.3) is 10.0 Å². The van der Waals surface area contributed by atoms with Gasteiger partial charge in [0.15, 0.2) is 0 Å². The molecule has 110 valence electrons. The smallest absolute Gasteiger partial charge is 0.252 e. The third kappa shape index (κ3) is 3.62. The molecule has 8 heteroatoms. The second-order valence-electron chi connectivity index (χ2n) is 4.52. The molecule has 4 nitrogen and oxygen atoms in total. The molecule has 0 aromatic carbocycles. The summed E-state index contributed by atoms with van der Waals surface area (Å²) in [5.74, 6) is 0. The van der Waals surface area contributed by atoms with Crippen LogP contribution in [0.3, 0.4) is 0 Å². The average Bonchev–Trinajstić information content (AvgIpc) is 2.70. The Labute approximate surface area is 129 Å². The maximum Gasteiger partial charge on any atom is 0.252 e. The number of hydrogen-bond donors (Lipinski definition) is 1. The van der Waals surface area contributed by atoms with Gasteiger partial charge in [-0.1, -0.05) is 11.6 Å². The number of nitrogens with one attached hydrogen (secondary N) is 1. The zero-order valence-electron chi connectivity index (χ0n) is 10.8. The van der Waals surface area contributed by atoms with Crippen LogP contribution in [0.25, 0.3) is 0 Å². The molecule has 2 rings (SSSR count). The number of aryl methyl sites for hydroxylation is 1. The standard InChI is InChI=1S/C11H17ClN2O2S2.ClH/c1-8-7-10(17-11(8)12)18(15,16)14(2)9-3-5-13-6-4-9;/h7,9,13H,3-6H2,1-2H3;1H. The Balaban J connectivity index is 0.00000180. The third-order valence-electron chi connectivity index (χ3n) is 3.29. The summed E-state index contributed by atoms with van der Waals surface area (Å²) in [4.78, 5) is 0. The lowest BCUT2D eigenvalue weighted by molar-refractivity contribution is 0.297. The highest BCUT2D eigenvalue weighted by atomic mass is 35.5. The Hall–Kier alpha value is 0.150. The zero-order valence-corrected chi connectivity index (χ0v) is 14.1. The van der Waals surface area contributed by atoms with E-state index in [2.05, 4.69) is 5.32 Å². The van der Waals surface area contributed by atoms with E-state index in [0.717, 1.165) is 42.8 Å². The summed E-state index contributed by atoms with van der Waals surface area (Å²) >= 11 is 7.09. The molecule has 1 N–H and O–H groups in total. The Bertz CT molecular complexity index is 505. The lowest BCUT2D eigenvalue weighted by Crippen LogP contribution is -2.43. The van der Waals surface area contributed by atoms with Gasteiger partial charge in [-0.25, -0.2) is 8.42 Å². The first-order valence-corrected chi connectivity index (χ1v) is 8.51. The first kappa shape index (κ1) is 17.2. The van der Waals surface area contributed by atoms with Crippen molar-refractivity contribution in [3.05, 3.63) is 16.0 Å². The van der Waals surface area contributed by atoms with Crippen molar-refractivity contribution in [2.24, 2.45) is 0 Å². The monoisotopic (exact) mass is 344 g/mol. The summed E-state index contributed by atoms with van der Waals surface area (Å²) in [5.41, 5.74) is 0.818. The summed E-state index contributed by atoms with van der Waals surface area (Å²) in [5, 5.41) is 3.23. The minimum atomic E-state index is -3.40. The molecular weight excluding hydrogens is 327 g/mol. The van der Waals surface area contributed by atoms with Gasteiger partial charge in [-0.3, -0.25) is 0 Å². The number of hydrogen-bond acceptors (Lipinski definition) is 4. The van der Waals surface area contributed by atoms with Crippen LogP contribution in [-0.2, 0) is 10.0 Å². The molecule has 0 spiro atoms. The lowest BCUT2D eigenvalue weighted by Gasteiger charge is -2.30. The maximum atomic E-state index is 12.5. The maximum absolute atomic E-state index is 12.5. The quantitative estimate of drug-likeness (QED) is 0.916. The molecule has 19 heavy (non-hydrogen) atoms. The second-order valence-corrected chi connectivity index (χ2v) is 8.40. The molecule has 0 aliphatic carbocycles. The number of thiophene rings is 1. The van der Waals surface area contributed by atoms with Crippen LogP contribution in [0.5, 0.6) is 0 Å². The number of sulfonamides is 1. The van der Waals surface area contributed by atoms with Crippen molar-refractivity contribution >= 4 is 45.4 Å². The molecular formula is C11H18Cl2N2O2S2. The number of nitrogens with zero attached hydrogens (tertiary/aromatic N) is 1. The van der Waals surface area contributed by atoms with Crippen molar-refractivity contribution < 1.29 is 8.42 Å². The van der Waals surface area contributed by atoms with E-state index in [1.165, 1.54) is 4.31 Å². The molecule has 0 amide bonds. The average molecular weight is 345 g/mol. The molecule has 1 aromatic heterocycles. The minimum absolute atomic E-state index is 0. The van der Waals surface area contributed by atoms with E-state index >= 15 is 0 Å². The van der Waals surface area contributed by atoms with Gasteiger partial charge in [0.2, 0.25) is 0 Å². The van der Waals surface area contributed by atoms with E-state index in [0.29, 0.717) is 8.55 Å². The highest BCUT2D eigenvalue weighted by Crippen LogP contribution is 2.32. The van der Waals surface area contributed by atoms with Crippen LogP contribution in [0.4, 0.5) is 0 Å². The van der Waals surface area contributed by atoms with Gasteiger partial charge in [0.05, 0.1) is 4.34 Å². The van der Waals surface area contributed by atoms with Crippen LogP contribution in [0.1, 0.15) is 18.4 Å². The SMILES string of the molecule is Cc1cc(S(=O)(=O)N(C)C2CCNCC2)sc1Cl.Cl. The highest BCUT2D eigenvalue weighted by Gasteiger charge is 2.30. The summed E-state index contributed by atoms with van der Waals surface area (Å²) in [6.45, 7) is 3.56. The molecule has 1 saturated heterocycles. The Morgan fingerprint density at radius 1 is 1.42 bits per heavy atom. The van der Waals surface area contributed by atoms with Gasteiger partial charge in [0, 0.05) is 13.1 Å². The van der Waals surface area contributed by atoms with Gasteiger partial charge in [-0.2, -0.15) is 4.31 Å². The fourth-order valence-corrected chi connectivity index (χ4v) is 5.38. The summed E-state index contributed by atoms with van der Waals surface area (Å²) in [6, 6.07) is 1.73. The van der Waals surface area contributed by atoms with Crippen molar-refractivity contribution in [3.63, 3.8) is 0 Å². The van der Waals surface area contributed by atoms with Gasteiger partial charge in [0.1, 0.15) is 4.21 Å². The number of halogens is 2. The van der Waals surface area contributed by atoms with Crippen molar-refractivity contribution in [1.82, 2.24) is 9.62 Å². The van der Waals surface area contributed by atoms with Gasteiger partial charge >= 0.3 is 0 Å². The topological polar surface area (TPSA) is 49.4 Å². The van der Waals surface area contributed by atoms with E-state index in [4.69, 9.17) is 11.6 Å². The molecule has 0 saturated carbocycles. The summed E-state index contributed by atoms with van der Waals surface area (Å²) < 4.78 is 27.3. The number of piperidine rings is 1. The molecule has 0 bridgehead atoms. The van der Waals surface area contributed by atoms with Crippen LogP contribution in [-0.4, -0.2) is 38.9 Å². The largest absolute Gasteiger partial charge is 0.317 e. The first-order valence-electron chi connectivity index (χ1n) is 5.87. The van der Waals surface area contributed by atoms with Crippen molar-refractivity contribution in [2.45, 2.75) is 30.0 Å². The molecule has 1 fully saturated rings. The normalized spacial score (nSPS) is 17.5. The predicted molar refractivity (Wildman–Crippen MR) is 82.2 cm³/mol. The van der Waals surface area contributed by atoms with Gasteiger partial charge in [-0.05, 0) is 44.5 Å². The first-order chi connectivity index (χ1) is 8.43. The van der Waals surface area contributed by atoms with Crippen LogP contribution in [0.15, 0.2) is 10.3 Å². The predicted octanol–water partition coefficient (Wildman–Crippen LogP) is 2.50. The summed E-state index contributed by atoms with van der Waals surface area (Å²) in [6.07, 6.45) is 1.71. The molecule has 2 heterocycles. The minimum Gasteiger partial charge on any atom is -0.317 e. The van der Waals surface area contributed by atoms with Crippen LogP contribution in [0, 0.1) is 6.92 Å². The fourth-order valence-electron chi connectivity index (χ4n) is 2.07. The Morgan fingerprint density at radius 3 is 2.47 bits per heavy atom. The van der Waals surface area contributed by atoms with Crippen molar-refractivity contribution in [2.75, 3.05) is 20.1 Å². The lowest BCUT2D eigenvalue weighted by atomic mass is 10.1. The van der Waals surface area contributed by atoms with Crippen molar-refractivity contribution in [1.29, 1.82) is 0 Å². The molecule has 0 unspecified atom stereocenters. The zero-order chi connectivity index (χ0) is 13.3. The number of rotatable bonds is 3.